The van der Waals surface area contributed by atoms with E-state index in [2.05, 4.69) is 26.4 Å². The van der Waals surface area contributed by atoms with Gasteiger partial charge in [-0.15, -0.1) is 15.0 Å². The van der Waals surface area contributed by atoms with Crippen LogP contribution in [-0.4, -0.2) is 27.4 Å². The number of carbonyl (C=O) groups excluding carboxylic acids is 1. The van der Waals surface area contributed by atoms with E-state index in [0.717, 1.165) is 24.3 Å². The highest BCUT2D eigenvalue weighted by atomic mass is 16.1. The lowest BCUT2D eigenvalue weighted by atomic mass is 10.2. The number of nitrogens with one attached hydrogen (secondary N) is 3. The number of aromatic nitrogens is 3. The standard InChI is InChI=1S/C13H16N6O/c1-9(20)15-13-12(11-7-8-14-16-11)17-19(18-13)10-5-3-2-4-6-10/h2-6,11,14,16H,7-8H2,1H3,(H,15,18,20). The van der Waals surface area contributed by atoms with Crippen LogP contribution in [0.25, 0.3) is 5.69 Å². The minimum Gasteiger partial charge on any atom is -0.308 e. The Morgan fingerprint density at radius 3 is 2.80 bits per heavy atom. The number of hydrazine groups is 1. The van der Waals surface area contributed by atoms with Crippen molar-refractivity contribution in [1.82, 2.24) is 25.8 Å². The van der Waals surface area contributed by atoms with Gasteiger partial charge < -0.3 is 5.32 Å². The maximum Gasteiger partial charge on any atom is 0.222 e. The summed E-state index contributed by atoms with van der Waals surface area (Å²) in [7, 11) is 0. The van der Waals surface area contributed by atoms with E-state index in [-0.39, 0.29) is 11.9 Å². The predicted molar refractivity (Wildman–Crippen MR) is 74.2 cm³/mol. The van der Waals surface area contributed by atoms with Gasteiger partial charge in [-0.3, -0.25) is 10.2 Å². The van der Waals surface area contributed by atoms with E-state index >= 15 is 0 Å². The van der Waals surface area contributed by atoms with Gasteiger partial charge in [-0.1, -0.05) is 18.2 Å². The molecular formula is C13H16N6O. The Morgan fingerprint density at radius 1 is 1.35 bits per heavy atom. The van der Waals surface area contributed by atoms with Crippen LogP contribution in [0, 0.1) is 0 Å². The number of hydrogen-bond acceptors (Lipinski definition) is 5. The molecule has 0 spiro atoms. The van der Waals surface area contributed by atoms with E-state index in [4.69, 9.17) is 0 Å². The number of carbonyl (C=O) groups is 1. The van der Waals surface area contributed by atoms with Gasteiger partial charge in [-0.2, -0.15) is 0 Å². The van der Waals surface area contributed by atoms with E-state index in [0.29, 0.717) is 5.82 Å². The smallest absolute Gasteiger partial charge is 0.222 e. The molecule has 1 aromatic heterocycles. The monoisotopic (exact) mass is 272 g/mol. The lowest BCUT2D eigenvalue weighted by Gasteiger charge is -2.07. The Morgan fingerprint density at radius 2 is 2.15 bits per heavy atom. The fourth-order valence-electron chi connectivity index (χ4n) is 2.17. The van der Waals surface area contributed by atoms with Gasteiger partial charge in [0.15, 0.2) is 5.82 Å². The van der Waals surface area contributed by atoms with Crippen LogP contribution in [0.4, 0.5) is 5.82 Å². The molecule has 20 heavy (non-hydrogen) atoms. The zero-order valence-corrected chi connectivity index (χ0v) is 11.1. The Bertz CT molecular complexity index is 603. The first-order valence-electron chi connectivity index (χ1n) is 6.52. The molecule has 0 saturated carbocycles. The van der Waals surface area contributed by atoms with Crippen molar-refractivity contribution in [2.75, 3.05) is 11.9 Å². The molecule has 1 fully saturated rings. The van der Waals surface area contributed by atoms with Crippen LogP contribution >= 0.6 is 0 Å². The second kappa shape index (κ2) is 5.40. The highest BCUT2D eigenvalue weighted by molar-refractivity contribution is 5.88. The fraction of sp³-hybridized carbons (Fsp3) is 0.308. The van der Waals surface area contributed by atoms with Crippen LogP contribution < -0.4 is 16.2 Å². The van der Waals surface area contributed by atoms with Gasteiger partial charge in [0, 0.05) is 13.5 Å². The van der Waals surface area contributed by atoms with Crippen molar-refractivity contribution in [1.29, 1.82) is 0 Å². The maximum atomic E-state index is 11.3. The summed E-state index contributed by atoms with van der Waals surface area (Å²) in [5, 5.41) is 11.6. The van der Waals surface area contributed by atoms with Crippen molar-refractivity contribution in [2.24, 2.45) is 0 Å². The molecule has 1 saturated heterocycles. The number of amides is 1. The molecule has 0 bridgehead atoms. The zero-order valence-electron chi connectivity index (χ0n) is 11.1. The second-order valence-corrected chi connectivity index (χ2v) is 4.65. The molecule has 1 aliphatic heterocycles. The molecule has 7 nitrogen and oxygen atoms in total. The molecule has 3 N–H and O–H groups in total. The number of nitrogens with zero attached hydrogens (tertiary/aromatic N) is 3. The molecule has 7 heteroatoms. The van der Waals surface area contributed by atoms with Crippen molar-refractivity contribution < 1.29 is 4.79 Å². The molecular weight excluding hydrogens is 256 g/mol. The van der Waals surface area contributed by atoms with E-state index in [9.17, 15) is 4.79 Å². The third kappa shape index (κ3) is 2.54. The van der Waals surface area contributed by atoms with Crippen molar-refractivity contribution in [3.8, 4) is 5.69 Å². The molecule has 1 unspecified atom stereocenters. The van der Waals surface area contributed by atoms with Crippen LogP contribution in [0.5, 0.6) is 0 Å². The van der Waals surface area contributed by atoms with E-state index in [1.165, 1.54) is 6.92 Å². The first-order valence-corrected chi connectivity index (χ1v) is 6.52. The third-order valence-electron chi connectivity index (χ3n) is 3.09. The average Bonchev–Trinajstić information content (AvgIpc) is 3.08. The number of hydrogen-bond donors (Lipinski definition) is 3. The number of benzene rings is 1. The number of para-hydroxylation sites is 1. The summed E-state index contributed by atoms with van der Waals surface area (Å²) < 4.78 is 0. The van der Waals surface area contributed by atoms with Crippen LogP contribution in [0.2, 0.25) is 0 Å². The van der Waals surface area contributed by atoms with Crippen molar-refractivity contribution in [3.05, 3.63) is 36.0 Å². The van der Waals surface area contributed by atoms with Crippen LogP contribution in [-0.2, 0) is 4.79 Å². The lowest BCUT2D eigenvalue weighted by Crippen LogP contribution is -2.25. The van der Waals surface area contributed by atoms with Gasteiger partial charge >= 0.3 is 0 Å². The van der Waals surface area contributed by atoms with Crippen LogP contribution in [0.3, 0.4) is 0 Å². The summed E-state index contributed by atoms with van der Waals surface area (Å²) in [4.78, 5) is 12.8. The summed E-state index contributed by atoms with van der Waals surface area (Å²) in [5.41, 5.74) is 7.80. The van der Waals surface area contributed by atoms with E-state index in [1.807, 2.05) is 30.3 Å². The SMILES string of the molecule is CC(=O)Nc1nn(-c2ccccc2)nc1C1CCNN1. The zero-order chi connectivity index (χ0) is 13.9. The summed E-state index contributed by atoms with van der Waals surface area (Å²) in [5.74, 6) is 0.347. The fourth-order valence-corrected chi connectivity index (χ4v) is 2.17. The van der Waals surface area contributed by atoms with Crippen molar-refractivity contribution in [3.63, 3.8) is 0 Å². The summed E-state index contributed by atoms with van der Waals surface area (Å²) in [6, 6.07) is 9.67. The second-order valence-electron chi connectivity index (χ2n) is 4.65. The highest BCUT2D eigenvalue weighted by Gasteiger charge is 2.24. The van der Waals surface area contributed by atoms with E-state index in [1.54, 1.807) is 4.80 Å². The van der Waals surface area contributed by atoms with Gasteiger partial charge in [0.1, 0.15) is 5.69 Å². The molecule has 1 atom stereocenters. The molecule has 2 aromatic rings. The summed E-state index contributed by atoms with van der Waals surface area (Å²) >= 11 is 0. The summed E-state index contributed by atoms with van der Waals surface area (Å²) in [6.45, 7) is 2.33. The first-order chi connectivity index (χ1) is 9.74. The lowest BCUT2D eigenvalue weighted by molar-refractivity contribution is -0.114. The normalized spacial score (nSPS) is 18.1. The predicted octanol–water partition coefficient (Wildman–Crippen LogP) is 0.765. The molecule has 1 aromatic carbocycles. The third-order valence-corrected chi connectivity index (χ3v) is 3.09. The number of rotatable bonds is 3. The quantitative estimate of drug-likeness (QED) is 0.768. The maximum absolute atomic E-state index is 11.3. The van der Waals surface area contributed by atoms with Crippen molar-refractivity contribution >= 4 is 11.7 Å². The Balaban J connectivity index is 1.98. The van der Waals surface area contributed by atoms with Crippen LogP contribution in [0.1, 0.15) is 25.1 Å². The molecule has 3 rings (SSSR count). The largest absolute Gasteiger partial charge is 0.308 e. The van der Waals surface area contributed by atoms with Gasteiger partial charge in [-0.05, 0) is 18.6 Å². The highest BCUT2D eigenvalue weighted by Crippen LogP contribution is 2.24. The average molecular weight is 272 g/mol. The first kappa shape index (κ1) is 12.8. The van der Waals surface area contributed by atoms with Crippen molar-refractivity contribution in [2.45, 2.75) is 19.4 Å². The molecule has 104 valence electrons. The van der Waals surface area contributed by atoms with Gasteiger partial charge in [0.25, 0.3) is 0 Å². The van der Waals surface area contributed by atoms with Gasteiger partial charge in [0.05, 0.1) is 11.7 Å². The van der Waals surface area contributed by atoms with Gasteiger partial charge in [-0.25, -0.2) is 5.43 Å². The molecule has 0 aliphatic carbocycles. The number of anilines is 1. The Kier molecular flexibility index (Phi) is 3.44. The minimum atomic E-state index is -0.155. The van der Waals surface area contributed by atoms with E-state index < -0.39 is 0 Å². The summed E-state index contributed by atoms with van der Waals surface area (Å²) in [6.07, 6.45) is 0.903. The van der Waals surface area contributed by atoms with Crippen LogP contribution in [0.15, 0.2) is 30.3 Å². The minimum absolute atomic E-state index is 0.0503. The Hall–Kier alpha value is -2.25. The molecule has 1 amide bonds. The molecule has 2 heterocycles. The topological polar surface area (TPSA) is 83.9 Å². The molecule has 0 radical (unpaired) electrons. The molecule has 1 aliphatic rings. The Labute approximate surface area is 116 Å². The van der Waals surface area contributed by atoms with Gasteiger partial charge in [0.2, 0.25) is 5.91 Å².